The maximum absolute atomic E-state index is 6.08. The van der Waals surface area contributed by atoms with Crippen molar-refractivity contribution in [1.82, 2.24) is 0 Å². The van der Waals surface area contributed by atoms with Gasteiger partial charge in [0.05, 0.1) is 12.7 Å². The molecule has 0 amide bonds. The molecule has 2 unspecified atom stereocenters. The summed E-state index contributed by atoms with van der Waals surface area (Å²) in [7, 11) is 0. The van der Waals surface area contributed by atoms with Crippen LogP contribution in [0.3, 0.4) is 0 Å². The third-order valence-electron chi connectivity index (χ3n) is 4.15. The SMILES string of the molecule is Cc1cccc(NCCOC2CC(C)CC(C)(C)C2)c1. The molecule has 0 bridgehead atoms. The Morgan fingerprint density at radius 3 is 2.80 bits per heavy atom. The average molecular weight is 275 g/mol. The number of rotatable bonds is 5. The third kappa shape index (κ3) is 4.82. The zero-order valence-corrected chi connectivity index (χ0v) is 13.4. The molecule has 112 valence electrons. The minimum atomic E-state index is 0.437. The predicted molar refractivity (Wildman–Crippen MR) is 86.2 cm³/mol. The molecule has 0 spiro atoms. The summed E-state index contributed by atoms with van der Waals surface area (Å²) in [6.07, 6.45) is 4.18. The fraction of sp³-hybridized carbons (Fsp3) is 0.667. The molecule has 1 fully saturated rings. The Hall–Kier alpha value is -1.02. The Kier molecular flexibility index (Phi) is 5.09. The highest BCUT2D eigenvalue weighted by Gasteiger charge is 2.32. The standard InChI is InChI=1S/C18H29NO/c1-14-6-5-7-16(10-14)19-8-9-20-17-11-15(2)12-18(3,4)13-17/h5-7,10,15,17,19H,8-9,11-13H2,1-4H3. The summed E-state index contributed by atoms with van der Waals surface area (Å²) in [6, 6.07) is 8.49. The number of nitrogens with one attached hydrogen (secondary N) is 1. The second-order valence-corrected chi connectivity index (χ2v) is 7.20. The van der Waals surface area contributed by atoms with Gasteiger partial charge in [0, 0.05) is 12.2 Å². The van der Waals surface area contributed by atoms with Gasteiger partial charge >= 0.3 is 0 Å². The number of ether oxygens (including phenoxy) is 1. The Labute approximate surface area is 123 Å². The molecule has 1 aromatic carbocycles. The minimum absolute atomic E-state index is 0.437. The molecule has 2 atom stereocenters. The Balaban J connectivity index is 1.71. The van der Waals surface area contributed by atoms with E-state index in [0.29, 0.717) is 11.5 Å². The molecule has 1 aliphatic rings. The highest BCUT2D eigenvalue weighted by atomic mass is 16.5. The van der Waals surface area contributed by atoms with Gasteiger partial charge in [0.15, 0.2) is 0 Å². The van der Waals surface area contributed by atoms with E-state index in [-0.39, 0.29) is 0 Å². The van der Waals surface area contributed by atoms with E-state index in [0.717, 1.165) is 19.1 Å². The van der Waals surface area contributed by atoms with Crippen molar-refractivity contribution in [3.8, 4) is 0 Å². The summed E-state index contributed by atoms with van der Waals surface area (Å²) in [6.45, 7) is 10.9. The van der Waals surface area contributed by atoms with Crippen LogP contribution in [0.15, 0.2) is 24.3 Å². The molecule has 2 nitrogen and oxygen atoms in total. The van der Waals surface area contributed by atoms with Crippen molar-refractivity contribution in [2.24, 2.45) is 11.3 Å². The molecule has 2 heteroatoms. The molecule has 1 N–H and O–H groups in total. The lowest BCUT2D eigenvalue weighted by Gasteiger charge is -2.38. The molecule has 1 aliphatic carbocycles. The fourth-order valence-corrected chi connectivity index (χ4v) is 3.56. The van der Waals surface area contributed by atoms with Crippen molar-refractivity contribution in [3.63, 3.8) is 0 Å². The second-order valence-electron chi connectivity index (χ2n) is 7.20. The van der Waals surface area contributed by atoms with E-state index in [9.17, 15) is 0 Å². The number of hydrogen-bond donors (Lipinski definition) is 1. The van der Waals surface area contributed by atoms with Gasteiger partial charge in [-0.3, -0.25) is 0 Å². The number of hydrogen-bond acceptors (Lipinski definition) is 2. The van der Waals surface area contributed by atoms with Gasteiger partial charge in [-0.15, -0.1) is 0 Å². The lowest BCUT2D eigenvalue weighted by Crippen LogP contribution is -2.33. The van der Waals surface area contributed by atoms with Crippen molar-refractivity contribution in [3.05, 3.63) is 29.8 Å². The summed E-state index contributed by atoms with van der Waals surface area (Å²) in [4.78, 5) is 0. The van der Waals surface area contributed by atoms with Crippen LogP contribution in [0.4, 0.5) is 5.69 Å². The first-order valence-electron chi connectivity index (χ1n) is 7.87. The lowest BCUT2D eigenvalue weighted by atomic mass is 9.71. The zero-order chi connectivity index (χ0) is 14.6. The smallest absolute Gasteiger partial charge is 0.0642 e. The van der Waals surface area contributed by atoms with Crippen LogP contribution in [-0.2, 0) is 4.74 Å². The molecule has 0 radical (unpaired) electrons. The molecule has 20 heavy (non-hydrogen) atoms. The van der Waals surface area contributed by atoms with Crippen LogP contribution in [0.5, 0.6) is 0 Å². The number of anilines is 1. The quantitative estimate of drug-likeness (QED) is 0.791. The van der Waals surface area contributed by atoms with Crippen molar-refractivity contribution in [1.29, 1.82) is 0 Å². The van der Waals surface area contributed by atoms with E-state index in [1.54, 1.807) is 0 Å². The topological polar surface area (TPSA) is 21.3 Å². The van der Waals surface area contributed by atoms with Crippen molar-refractivity contribution >= 4 is 5.69 Å². The monoisotopic (exact) mass is 275 g/mol. The van der Waals surface area contributed by atoms with Crippen molar-refractivity contribution in [2.45, 2.75) is 53.1 Å². The van der Waals surface area contributed by atoms with E-state index >= 15 is 0 Å². The number of benzene rings is 1. The van der Waals surface area contributed by atoms with Crippen LogP contribution < -0.4 is 5.32 Å². The summed E-state index contributed by atoms with van der Waals surface area (Å²) in [5, 5.41) is 3.43. The summed E-state index contributed by atoms with van der Waals surface area (Å²) >= 11 is 0. The molecule has 2 rings (SSSR count). The normalized spacial score (nSPS) is 25.4. The summed E-state index contributed by atoms with van der Waals surface area (Å²) < 4.78 is 6.08. The third-order valence-corrected chi connectivity index (χ3v) is 4.15. The Bertz CT molecular complexity index is 427. The van der Waals surface area contributed by atoms with E-state index in [1.165, 1.54) is 30.5 Å². The van der Waals surface area contributed by atoms with Crippen LogP contribution >= 0.6 is 0 Å². The molecular weight excluding hydrogens is 246 g/mol. The molecule has 0 aromatic heterocycles. The summed E-state index contributed by atoms with van der Waals surface area (Å²) in [5.41, 5.74) is 2.91. The highest BCUT2D eigenvalue weighted by molar-refractivity contribution is 5.45. The van der Waals surface area contributed by atoms with Gasteiger partial charge < -0.3 is 10.1 Å². The van der Waals surface area contributed by atoms with Gasteiger partial charge in [-0.25, -0.2) is 0 Å². The van der Waals surface area contributed by atoms with E-state index in [2.05, 4.69) is 57.3 Å². The van der Waals surface area contributed by atoms with Gasteiger partial charge in [-0.1, -0.05) is 32.9 Å². The molecular formula is C18H29NO. The van der Waals surface area contributed by atoms with Gasteiger partial charge in [0.25, 0.3) is 0 Å². The first-order chi connectivity index (χ1) is 9.44. The molecule has 0 saturated heterocycles. The van der Waals surface area contributed by atoms with Gasteiger partial charge in [-0.2, -0.15) is 0 Å². The van der Waals surface area contributed by atoms with Crippen LogP contribution in [0.1, 0.15) is 45.6 Å². The predicted octanol–water partition coefficient (Wildman–Crippen LogP) is 4.64. The highest BCUT2D eigenvalue weighted by Crippen LogP contribution is 2.39. The van der Waals surface area contributed by atoms with Gasteiger partial charge in [0.2, 0.25) is 0 Å². The van der Waals surface area contributed by atoms with Crippen molar-refractivity contribution in [2.75, 3.05) is 18.5 Å². The maximum Gasteiger partial charge on any atom is 0.0642 e. The molecule has 1 saturated carbocycles. The summed E-state index contributed by atoms with van der Waals surface area (Å²) in [5.74, 6) is 0.786. The second kappa shape index (κ2) is 6.62. The van der Waals surface area contributed by atoms with E-state index in [1.807, 2.05) is 0 Å². The van der Waals surface area contributed by atoms with E-state index in [4.69, 9.17) is 4.74 Å². The van der Waals surface area contributed by atoms with Crippen LogP contribution in [0.25, 0.3) is 0 Å². The van der Waals surface area contributed by atoms with Crippen molar-refractivity contribution < 1.29 is 4.74 Å². The Morgan fingerprint density at radius 2 is 2.10 bits per heavy atom. The first-order valence-corrected chi connectivity index (χ1v) is 7.87. The zero-order valence-electron chi connectivity index (χ0n) is 13.4. The largest absolute Gasteiger partial charge is 0.383 e. The lowest BCUT2D eigenvalue weighted by molar-refractivity contribution is -0.0185. The number of aryl methyl sites for hydroxylation is 1. The van der Waals surface area contributed by atoms with Gasteiger partial charge in [-0.05, 0) is 55.2 Å². The maximum atomic E-state index is 6.08. The Morgan fingerprint density at radius 1 is 1.30 bits per heavy atom. The van der Waals surface area contributed by atoms with Crippen LogP contribution in [0.2, 0.25) is 0 Å². The molecule has 0 heterocycles. The van der Waals surface area contributed by atoms with Crippen LogP contribution in [-0.4, -0.2) is 19.3 Å². The average Bonchev–Trinajstić information content (AvgIpc) is 2.32. The molecule has 1 aromatic rings. The minimum Gasteiger partial charge on any atom is -0.383 e. The van der Waals surface area contributed by atoms with Gasteiger partial charge in [0.1, 0.15) is 0 Å². The van der Waals surface area contributed by atoms with E-state index < -0.39 is 0 Å². The first kappa shape index (κ1) is 15.4. The molecule has 0 aliphatic heterocycles. The fourth-order valence-electron chi connectivity index (χ4n) is 3.56. The van der Waals surface area contributed by atoms with Crippen LogP contribution in [0, 0.1) is 18.3 Å².